The molecule has 0 amide bonds. The molecule has 0 aliphatic rings. The van der Waals surface area contributed by atoms with Crippen LogP contribution in [0.3, 0.4) is 0 Å². The largest absolute Gasteiger partial charge is 0.258 e. The number of benzene rings is 1. The Morgan fingerprint density at radius 3 is 2.40 bits per heavy atom. The third-order valence-electron chi connectivity index (χ3n) is 2.87. The second-order valence-corrected chi connectivity index (χ2v) is 7.75. The monoisotopic (exact) mass is 392 g/mol. The maximum absolute atomic E-state index is 6.07. The van der Waals surface area contributed by atoms with E-state index in [1.807, 2.05) is 23.7 Å². The molecular weight excluding hydrogens is 379 g/mol. The Morgan fingerprint density at radius 2 is 1.90 bits per heavy atom. The van der Waals surface area contributed by atoms with Gasteiger partial charge in [-0.05, 0) is 39.0 Å². The molecule has 0 aliphatic heterocycles. The summed E-state index contributed by atoms with van der Waals surface area (Å²) in [5.41, 5.74) is 2.26. The number of alkyl halides is 1. The number of hydrogen-bond donors (Lipinski definition) is 0. The lowest BCUT2D eigenvalue weighted by Gasteiger charge is -2.10. The van der Waals surface area contributed by atoms with Gasteiger partial charge in [-0.3, -0.25) is 4.68 Å². The van der Waals surface area contributed by atoms with Crippen LogP contribution in [0, 0.1) is 6.92 Å². The number of aryl methyl sites for hydroxylation is 2. The van der Waals surface area contributed by atoms with Crippen molar-refractivity contribution in [3.8, 4) is 0 Å². The Kier molecular flexibility index (Phi) is 5.46. The topological polar surface area (TPSA) is 17.8 Å². The molecule has 2 aromatic rings. The third-order valence-corrected chi connectivity index (χ3v) is 4.86. The van der Waals surface area contributed by atoms with Gasteiger partial charge in [-0.25, -0.2) is 0 Å². The van der Waals surface area contributed by atoms with Gasteiger partial charge in [0.1, 0.15) is 5.03 Å². The van der Waals surface area contributed by atoms with Crippen molar-refractivity contribution in [2.75, 3.05) is 0 Å². The molecule has 6 heteroatoms. The molecule has 1 atom stereocenters. The van der Waals surface area contributed by atoms with Crippen LogP contribution in [0.2, 0.25) is 10.0 Å². The molecule has 2 rings (SSSR count). The van der Waals surface area contributed by atoms with Gasteiger partial charge in [0.25, 0.3) is 0 Å². The van der Waals surface area contributed by atoms with E-state index in [4.69, 9.17) is 23.2 Å². The number of halogens is 3. The lowest BCUT2D eigenvalue weighted by Crippen LogP contribution is -1.99. The third kappa shape index (κ3) is 3.53. The van der Waals surface area contributed by atoms with E-state index in [1.165, 1.54) is 5.56 Å². The smallest absolute Gasteiger partial charge is 0.103 e. The average Bonchev–Trinajstić information content (AvgIpc) is 2.64. The average molecular weight is 394 g/mol. The highest BCUT2D eigenvalue weighted by molar-refractivity contribution is 9.09. The lowest BCUT2D eigenvalue weighted by atomic mass is 10.2. The van der Waals surface area contributed by atoms with E-state index < -0.39 is 0 Å². The minimum absolute atomic E-state index is 0.250. The van der Waals surface area contributed by atoms with Crippen molar-refractivity contribution < 1.29 is 0 Å². The first-order chi connectivity index (χ1) is 9.42. The number of nitrogens with zero attached hydrogens (tertiary/aromatic N) is 2. The predicted molar refractivity (Wildman–Crippen MR) is 90.6 cm³/mol. The van der Waals surface area contributed by atoms with Gasteiger partial charge in [0.15, 0.2) is 0 Å². The first-order valence-corrected chi connectivity index (χ1v) is 8.76. The van der Waals surface area contributed by atoms with E-state index in [1.54, 1.807) is 17.8 Å². The van der Waals surface area contributed by atoms with Crippen molar-refractivity contribution in [1.29, 1.82) is 0 Å². The minimum atomic E-state index is 0.250. The molecule has 0 radical (unpaired) electrons. The van der Waals surface area contributed by atoms with Gasteiger partial charge >= 0.3 is 0 Å². The first-order valence-electron chi connectivity index (χ1n) is 6.27. The van der Waals surface area contributed by atoms with Gasteiger partial charge in [-0.15, -0.1) is 0 Å². The SMILES string of the molecule is CCn1nc(C)c(C(C)Br)c1Sc1cc(Cl)cc(Cl)c1. The highest BCUT2D eigenvalue weighted by atomic mass is 79.9. The van der Waals surface area contributed by atoms with Gasteiger partial charge in [0, 0.05) is 31.9 Å². The summed E-state index contributed by atoms with van der Waals surface area (Å²) in [6.07, 6.45) is 0. The highest BCUT2D eigenvalue weighted by Crippen LogP contribution is 2.39. The minimum Gasteiger partial charge on any atom is -0.258 e. The van der Waals surface area contributed by atoms with Crippen molar-refractivity contribution in [3.05, 3.63) is 39.5 Å². The summed E-state index contributed by atoms with van der Waals surface area (Å²) < 4.78 is 2.02. The van der Waals surface area contributed by atoms with Crippen LogP contribution in [0.1, 0.15) is 29.9 Å². The van der Waals surface area contributed by atoms with E-state index in [0.717, 1.165) is 22.2 Å². The van der Waals surface area contributed by atoms with Gasteiger partial charge in [-0.1, -0.05) is 50.9 Å². The Morgan fingerprint density at radius 1 is 1.30 bits per heavy atom. The zero-order chi connectivity index (χ0) is 14.9. The molecule has 0 aliphatic carbocycles. The van der Waals surface area contributed by atoms with Crippen LogP contribution < -0.4 is 0 Å². The zero-order valence-electron chi connectivity index (χ0n) is 11.5. The van der Waals surface area contributed by atoms with Crippen LogP contribution in [-0.4, -0.2) is 9.78 Å². The van der Waals surface area contributed by atoms with Crippen molar-refractivity contribution >= 4 is 50.9 Å². The molecule has 0 bridgehead atoms. The summed E-state index contributed by atoms with van der Waals surface area (Å²) in [5.74, 6) is 0. The summed E-state index contributed by atoms with van der Waals surface area (Å²) in [6.45, 7) is 7.06. The van der Waals surface area contributed by atoms with Gasteiger partial charge in [0.2, 0.25) is 0 Å². The Bertz CT molecular complexity index is 606. The molecule has 1 heterocycles. The molecule has 1 unspecified atom stereocenters. The van der Waals surface area contributed by atoms with E-state index >= 15 is 0 Å². The van der Waals surface area contributed by atoms with Crippen molar-refractivity contribution in [2.24, 2.45) is 0 Å². The zero-order valence-corrected chi connectivity index (χ0v) is 15.4. The number of aromatic nitrogens is 2. The molecule has 20 heavy (non-hydrogen) atoms. The quantitative estimate of drug-likeness (QED) is 0.581. The van der Waals surface area contributed by atoms with E-state index in [0.29, 0.717) is 10.0 Å². The second kappa shape index (κ2) is 6.73. The van der Waals surface area contributed by atoms with E-state index in [-0.39, 0.29) is 4.83 Å². The molecule has 0 fully saturated rings. The molecular formula is C14H15BrCl2N2S. The van der Waals surface area contributed by atoms with Gasteiger partial charge in [0.05, 0.1) is 5.69 Å². The molecule has 1 aromatic carbocycles. The fraction of sp³-hybridized carbons (Fsp3) is 0.357. The summed E-state index contributed by atoms with van der Waals surface area (Å²) in [4.78, 5) is 1.27. The highest BCUT2D eigenvalue weighted by Gasteiger charge is 2.19. The Labute approximate surface area is 142 Å². The van der Waals surface area contributed by atoms with Gasteiger partial charge in [-0.2, -0.15) is 5.10 Å². The van der Waals surface area contributed by atoms with Crippen LogP contribution >= 0.6 is 50.9 Å². The van der Waals surface area contributed by atoms with Crippen LogP contribution in [0.25, 0.3) is 0 Å². The van der Waals surface area contributed by atoms with Crippen molar-refractivity contribution in [3.63, 3.8) is 0 Å². The second-order valence-electron chi connectivity index (χ2n) is 4.44. The fourth-order valence-corrected chi connectivity index (χ4v) is 4.71. The maximum atomic E-state index is 6.07. The normalized spacial score (nSPS) is 12.7. The fourth-order valence-electron chi connectivity index (χ4n) is 2.05. The van der Waals surface area contributed by atoms with Crippen LogP contribution in [-0.2, 0) is 6.54 Å². The van der Waals surface area contributed by atoms with Crippen LogP contribution in [0.15, 0.2) is 28.1 Å². The Hall–Kier alpha value is -0.160. The maximum Gasteiger partial charge on any atom is 0.103 e. The molecule has 0 saturated heterocycles. The van der Waals surface area contributed by atoms with E-state index in [2.05, 4.69) is 34.9 Å². The number of hydrogen-bond acceptors (Lipinski definition) is 2. The molecule has 2 nitrogen and oxygen atoms in total. The Balaban J connectivity index is 2.46. The van der Waals surface area contributed by atoms with Crippen molar-refractivity contribution in [2.45, 2.75) is 42.1 Å². The molecule has 0 saturated carbocycles. The predicted octanol–water partition coefficient (Wildman–Crippen LogP) is 6.13. The summed E-state index contributed by atoms with van der Waals surface area (Å²) in [6, 6.07) is 5.58. The van der Waals surface area contributed by atoms with E-state index in [9.17, 15) is 0 Å². The molecule has 108 valence electrons. The van der Waals surface area contributed by atoms with Crippen LogP contribution in [0.4, 0.5) is 0 Å². The molecule has 0 spiro atoms. The van der Waals surface area contributed by atoms with Crippen LogP contribution in [0.5, 0.6) is 0 Å². The molecule has 1 aromatic heterocycles. The standard InChI is InChI=1S/C14H15BrCl2N2S/c1-4-19-14(13(8(2)15)9(3)18-19)20-12-6-10(16)5-11(17)7-12/h5-8H,4H2,1-3H3. The summed E-state index contributed by atoms with van der Waals surface area (Å²) >= 11 is 17.4. The molecule has 0 N–H and O–H groups in total. The summed E-state index contributed by atoms with van der Waals surface area (Å²) in [7, 11) is 0. The van der Waals surface area contributed by atoms with Crippen molar-refractivity contribution in [1.82, 2.24) is 9.78 Å². The lowest BCUT2D eigenvalue weighted by molar-refractivity contribution is 0.599. The number of rotatable bonds is 4. The van der Waals surface area contributed by atoms with Gasteiger partial charge < -0.3 is 0 Å². The summed E-state index contributed by atoms with van der Waals surface area (Å²) in [5, 5.41) is 7.02. The first kappa shape index (κ1) is 16.2.